The third-order valence-corrected chi connectivity index (χ3v) is 3.00. The first-order valence-corrected chi connectivity index (χ1v) is 6.19. The number of urea groups is 1. The first kappa shape index (κ1) is 13.3. The van der Waals surface area contributed by atoms with Crippen LogP contribution in [0.15, 0.2) is 24.3 Å². The highest BCUT2D eigenvalue weighted by atomic mass is 19.1. The average Bonchev–Trinajstić information content (AvgIpc) is 2.40. The monoisotopic (exact) mass is 265 g/mol. The fourth-order valence-electron chi connectivity index (χ4n) is 1.91. The Morgan fingerprint density at radius 2 is 2.21 bits per heavy atom. The summed E-state index contributed by atoms with van der Waals surface area (Å²) < 4.78 is 13.3. The number of rotatable bonds is 3. The molecule has 0 unspecified atom stereocenters. The molecule has 1 atom stereocenters. The van der Waals surface area contributed by atoms with Gasteiger partial charge in [-0.15, -0.1) is 0 Å². The second-order valence-corrected chi connectivity index (χ2v) is 4.46. The van der Waals surface area contributed by atoms with Crippen LogP contribution in [0.4, 0.5) is 9.18 Å². The number of benzene rings is 1. The van der Waals surface area contributed by atoms with Crippen LogP contribution < -0.4 is 16.0 Å². The fraction of sp³-hybridized carbons (Fsp3) is 0.385. The van der Waals surface area contributed by atoms with E-state index < -0.39 is 0 Å². The standard InChI is InChI=1S/C13H16FN3O2/c14-11-4-2-1-3-9(11)7-16-13(19)17-10-5-6-12(18)15-8-10/h1-4,10H,5-8H2,(H,15,18)(H2,16,17,19)/t10-/m0/s1. The summed E-state index contributed by atoms with van der Waals surface area (Å²) in [7, 11) is 0. The number of piperidine rings is 1. The lowest BCUT2D eigenvalue weighted by molar-refractivity contribution is -0.122. The molecule has 102 valence electrons. The van der Waals surface area contributed by atoms with Crippen LogP contribution >= 0.6 is 0 Å². The normalized spacial score (nSPS) is 18.6. The molecule has 0 radical (unpaired) electrons. The molecular formula is C13H16FN3O2. The SMILES string of the molecule is O=C1CC[C@H](NC(=O)NCc2ccccc2F)CN1. The number of carbonyl (C=O) groups excluding carboxylic acids is 2. The van der Waals surface area contributed by atoms with Gasteiger partial charge in [-0.05, 0) is 12.5 Å². The van der Waals surface area contributed by atoms with E-state index in [1.54, 1.807) is 18.2 Å². The van der Waals surface area contributed by atoms with E-state index in [0.717, 1.165) is 0 Å². The molecule has 1 saturated heterocycles. The maximum absolute atomic E-state index is 13.3. The molecule has 1 aromatic carbocycles. The third kappa shape index (κ3) is 3.94. The highest BCUT2D eigenvalue weighted by molar-refractivity contribution is 5.78. The minimum atomic E-state index is -0.357. The van der Waals surface area contributed by atoms with Gasteiger partial charge in [-0.1, -0.05) is 18.2 Å². The minimum absolute atomic E-state index is 0.00446. The number of amides is 3. The molecule has 0 saturated carbocycles. The van der Waals surface area contributed by atoms with Gasteiger partial charge in [0.1, 0.15) is 5.82 Å². The number of carbonyl (C=O) groups is 2. The van der Waals surface area contributed by atoms with Crippen LogP contribution in [0, 0.1) is 5.82 Å². The molecule has 0 spiro atoms. The predicted octanol–water partition coefficient (Wildman–Crippen LogP) is 0.903. The van der Waals surface area contributed by atoms with Crippen molar-refractivity contribution in [3.05, 3.63) is 35.6 Å². The Morgan fingerprint density at radius 1 is 1.42 bits per heavy atom. The summed E-state index contributed by atoms with van der Waals surface area (Å²) in [4.78, 5) is 22.6. The van der Waals surface area contributed by atoms with Crippen LogP contribution in [0.25, 0.3) is 0 Å². The van der Waals surface area contributed by atoms with Gasteiger partial charge in [0.15, 0.2) is 0 Å². The van der Waals surface area contributed by atoms with Gasteiger partial charge in [-0.2, -0.15) is 0 Å². The van der Waals surface area contributed by atoms with Gasteiger partial charge in [0, 0.05) is 31.1 Å². The zero-order chi connectivity index (χ0) is 13.7. The Balaban J connectivity index is 1.76. The summed E-state index contributed by atoms with van der Waals surface area (Å²) in [6.07, 6.45) is 1.04. The van der Waals surface area contributed by atoms with Crippen molar-refractivity contribution in [1.29, 1.82) is 0 Å². The molecule has 1 aromatic rings. The van der Waals surface area contributed by atoms with E-state index in [9.17, 15) is 14.0 Å². The lowest BCUT2D eigenvalue weighted by atomic mass is 10.1. The molecule has 1 aliphatic rings. The van der Waals surface area contributed by atoms with E-state index in [-0.39, 0.29) is 30.3 Å². The Morgan fingerprint density at radius 3 is 2.89 bits per heavy atom. The van der Waals surface area contributed by atoms with Crippen molar-refractivity contribution in [2.45, 2.75) is 25.4 Å². The Kier molecular flexibility index (Phi) is 4.33. The molecule has 1 heterocycles. The molecule has 19 heavy (non-hydrogen) atoms. The highest BCUT2D eigenvalue weighted by Crippen LogP contribution is 2.06. The molecule has 0 bridgehead atoms. The van der Waals surface area contributed by atoms with Crippen LogP contribution in [0.2, 0.25) is 0 Å². The van der Waals surface area contributed by atoms with Crippen LogP contribution in [-0.2, 0) is 11.3 Å². The topological polar surface area (TPSA) is 70.2 Å². The van der Waals surface area contributed by atoms with Crippen molar-refractivity contribution < 1.29 is 14.0 Å². The van der Waals surface area contributed by atoms with Crippen molar-refractivity contribution in [1.82, 2.24) is 16.0 Å². The molecule has 3 N–H and O–H groups in total. The Hall–Kier alpha value is -2.11. The molecule has 2 rings (SSSR count). The summed E-state index contributed by atoms with van der Waals surface area (Å²) in [5.74, 6) is -0.336. The van der Waals surface area contributed by atoms with Crippen LogP contribution in [0.5, 0.6) is 0 Å². The molecule has 5 nitrogen and oxygen atoms in total. The van der Waals surface area contributed by atoms with Gasteiger partial charge in [0.25, 0.3) is 0 Å². The van der Waals surface area contributed by atoms with Crippen molar-refractivity contribution in [2.24, 2.45) is 0 Å². The summed E-state index contributed by atoms with van der Waals surface area (Å²) in [6, 6.07) is 5.86. The number of halogens is 1. The van der Waals surface area contributed by atoms with Gasteiger partial charge in [0.2, 0.25) is 5.91 Å². The number of hydrogen-bond donors (Lipinski definition) is 3. The van der Waals surface area contributed by atoms with E-state index in [1.807, 2.05) is 0 Å². The van der Waals surface area contributed by atoms with Gasteiger partial charge in [0.05, 0.1) is 0 Å². The molecule has 1 fully saturated rings. The molecule has 0 aromatic heterocycles. The van der Waals surface area contributed by atoms with Gasteiger partial charge in [-0.3, -0.25) is 4.79 Å². The third-order valence-electron chi connectivity index (χ3n) is 3.00. The minimum Gasteiger partial charge on any atom is -0.354 e. The van der Waals surface area contributed by atoms with Crippen molar-refractivity contribution in [2.75, 3.05) is 6.54 Å². The van der Waals surface area contributed by atoms with E-state index in [4.69, 9.17) is 0 Å². The quantitative estimate of drug-likeness (QED) is 0.760. The first-order chi connectivity index (χ1) is 9.15. The first-order valence-electron chi connectivity index (χ1n) is 6.19. The van der Waals surface area contributed by atoms with Crippen molar-refractivity contribution in [3.63, 3.8) is 0 Å². The summed E-state index contributed by atoms with van der Waals surface area (Å²) in [5, 5.41) is 8.02. The summed E-state index contributed by atoms with van der Waals surface area (Å²) >= 11 is 0. The van der Waals surface area contributed by atoms with Gasteiger partial charge >= 0.3 is 6.03 Å². The highest BCUT2D eigenvalue weighted by Gasteiger charge is 2.19. The largest absolute Gasteiger partial charge is 0.354 e. The Bertz CT molecular complexity index is 469. The summed E-state index contributed by atoms with van der Waals surface area (Å²) in [6.45, 7) is 0.573. The average molecular weight is 265 g/mol. The molecule has 1 aliphatic heterocycles. The van der Waals surface area contributed by atoms with E-state index in [1.165, 1.54) is 6.07 Å². The lowest BCUT2D eigenvalue weighted by Gasteiger charge is -2.23. The van der Waals surface area contributed by atoms with Crippen LogP contribution in [0.1, 0.15) is 18.4 Å². The zero-order valence-corrected chi connectivity index (χ0v) is 10.4. The van der Waals surface area contributed by atoms with Crippen molar-refractivity contribution in [3.8, 4) is 0 Å². The number of hydrogen-bond acceptors (Lipinski definition) is 2. The van der Waals surface area contributed by atoms with Crippen LogP contribution in [-0.4, -0.2) is 24.5 Å². The maximum atomic E-state index is 13.3. The van der Waals surface area contributed by atoms with E-state index >= 15 is 0 Å². The zero-order valence-electron chi connectivity index (χ0n) is 10.4. The summed E-state index contributed by atoms with van der Waals surface area (Å²) in [5.41, 5.74) is 0.439. The second kappa shape index (κ2) is 6.17. The molecule has 3 amide bonds. The predicted molar refractivity (Wildman–Crippen MR) is 67.8 cm³/mol. The molecular weight excluding hydrogens is 249 g/mol. The van der Waals surface area contributed by atoms with Crippen LogP contribution in [0.3, 0.4) is 0 Å². The lowest BCUT2D eigenvalue weighted by Crippen LogP contribution is -2.50. The number of nitrogens with one attached hydrogen (secondary N) is 3. The van der Waals surface area contributed by atoms with Crippen molar-refractivity contribution >= 4 is 11.9 Å². The second-order valence-electron chi connectivity index (χ2n) is 4.46. The maximum Gasteiger partial charge on any atom is 0.315 e. The van der Waals surface area contributed by atoms with E-state index in [2.05, 4.69) is 16.0 Å². The van der Waals surface area contributed by atoms with E-state index in [0.29, 0.717) is 24.9 Å². The van der Waals surface area contributed by atoms with Gasteiger partial charge < -0.3 is 16.0 Å². The van der Waals surface area contributed by atoms with Gasteiger partial charge in [-0.25, -0.2) is 9.18 Å². The Labute approximate surface area is 110 Å². The molecule has 0 aliphatic carbocycles. The smallest absolute Gasteiger partial charge is 0.315 e. The fourth-order valence-corrected chi connectivity index (χ4v) is 1.91. The molecule has 6 heteroatoms.